The molecule has 1 heterocycles. The Kier molecular flexibility index (Phi) is 11.8. The maximum Gasteiger partial charge on any atom is 0.213 e. The Morgan fingerprint density at radius 2 is 1.39 bits per heavy atom. The van der Waals surface area contributed by atoms with Crippen molar-refractivity contribution < 1.29 is 14.2 Å². The van der Waals surface area contributed by atoms with Crippen molar-refractivity contribution >= 4 is 11.8 Å². The number of hydrogen-bond acceptors (Lipinski definition) is 6. The van der Waals surface area contributed by atoms with Crippen LogP contribution in [-0.2, 0) is 15.9 Å². The Bertz CT molecular complexity index is 842. The quantitative estimate of drug-likeness (QED) is 0.184. The third-order valence-corrected chi connectivity index (χ3v) is 6.83. The van der Waals surface area contributed by atoms with Gasteiger partial charge in [-0.05, 0) is 126 Å². The molecule has 0 aromatic heterocycles. The van der Waals surface area contributed by atoms with Crippen LogP contribution < -0.4 is 4.74 Å². The Hall–Kier alpha value is -2.86. The van der Waals surface area contributed by atoms with Gasteiger partial charge in [-0.2, -0.15) is 0 Å². The topological polar surface area (TPSA) is 78.6 Å². The van der Waals surface area contributed by atoms with Gasteiger partial charge >= 0.3 is 0 Å². The minimum atomic E-state index is 0.210. The molecule has 196 valence electrons. The number of nitrogens with zero attached hydrogens (tertiary/aromatic N) is 1. The monoisotopic (exact) mass is 493 g/mol. The zero-order valence-corrected chi connectivity index (χ0v) is 22.1. The normalized spacial score (nSPS) is 14.4. The Morgan fingerprint density at radius 1 is 0.806 bits per heavy atom. The molecule has 1 aliphatic rings. The molecule has 0 aliphatic carbocycles. The first-order valence-electron chi connectivity index (χ1n) is 13.6. The minimum absolute atomic E-state index is 0.210. The maximum atomic E-state index is 7.86. The number of benzene rings is 2. The van der Waals surface area contributed by atoms with E-state index in [1.54, 1.807) is 0 Å². The van der Waals surface area contributed by atoms with Gasteiger partial charge in [0.15, 0.2) is 0 Å². The van der Waals surface area contributed by atoms with Gasteiger partial charge in [0.2, 0.25) is 11.8 Å². The molecule has 0 bridgehead atoms. The highest BCUT2D eigenvalue weighted by Crippen LogP contribution is 2.23. The fourth-order valence-electron chi connectivity index (χ4n) is 4.71. The molecule has 2 aromatic carbocycles. The molecule has 0 radical (unpaired) electrons. The first kappa shape index (κ1) is 27.7. The molecule has 1 fully saturated rings. The number of ether oxygens (including phenoxy) is 3. The molecular weight excluding hydrogens is 450 g/mol. The molecule has 0 atom stereocenters. The highest BCUT2D eigenvalue weighted by atomic mass is 16.5. The van der Waals surface area contributed by atoms with Crippen LogP contribution in [0.2, 0.25) is 0 Å². The lowest BCUT2D eigenvalue weighted by Crippen LogP contribution is -2.34. The summed E-state index contributed by atoms with van der Waals surface area (Å²) in [4.78, 5) is 2.63. The van der Waals surface area contributed by atoms with E-state index in [0.717, 1.165) is 42.2 Å². The number of unbranched alkanes of at least 4 members (excludes halogenated alkanes) is 1. The van der Waals surface area contributed by atoms with Gasteiger partial charge in [-0.15, -0.1) is 0 Å². The van der Waals surface area contributed by atoms with Crippen LogP contribution in [0.15, 0.2) is 48.5 Å². The summed E-state index contributed by atoms with van der Waals surface area (Å²) in [7, 11) is 0. The summed E-state index contributed by atoms with van der Waals surface area (Å²) in [6.07, 6.45) is 8.44. The van der Waals surface area contributed by atoms with Gasteiger partial charge in [0, 0.05) is 11.1 Å². The predicted octanol–water partition coefficient (Wildman–Crippen LogP) is 6.30. The Labute approximate surface area is 217 Å². The Morgan fingerprint density at radius 3 is 1.97 bits per heavy atom. The van der Waals surface area contributed by atoms with Crippen molar-refractivity contribution in [3.05, 3.63) is 65.2 Å². The average molecular weight is 494 g/mol. The van der Waals surface area contributed by atoms with Gasteiger partial charge in [0.25, 0.3) is 0 Å². The van der Waals surface area contributed by atoms with E-state index in [1.807, 2.05) is 50.2 Å². The highest BCUT2D eigenvalue weighted by molar-refractivity contribution is 5.92. The van der Waals surface area contributed by atoms with Crippen molar-refractivity contribution in [1.29, 1.82) is 10.8 Å². The number of rotatable bonds is 14. The molecule has 1 saturated heterocycles. The SMILES string of the molecule is CCOC(=N)c1ccc(CCCCN2CCC(CCCOc3ccc(C(=N)OCC)cc3)CC2)cc1. The molecule has 3 rings (SSSR count). The highest BCUT2D eigenvalue weighted by Gasteiger charge is 2.18. The van der Waals surface area contributed by atoms with Gasteiger partial charge in [0.1, 0.15) is 5.75 Å². The molecule has 2 aromatic rings. The van der Waals surface area contributed by atoms with Crippen molar-refractivity contribution in [3.8, 4) is 5.75 Å². The predicted molar refractivity (Wildman–Crippen MR) is 147 cm³/mol. The molecule has 0 spiro atoms. The van der Waals surface area contributed by atoms with Crippen LogP contribution in [0.25, 0.3) is 0 Å². The molecule has 6 nitrogen and oxygen atoms in total. The second kappa shape index (κ2) is 15.3. The lowest BCUT2D eigenvalue weighted by molar-refractivity contribution is 0.170. The van der Waals surface area contributed by atoms with E-state index >= 15 is 0 Å². The molecule has 0 unspecified atom stereocenters. The van der Waals surface area contributed by atoms with E-state index in [4.69, 9.17) is 25.0 Å². The number of likely N-dealkylation sites (tertiary alicyclic amines) is 1. The summed E-state index contributed by atoms with van der Waals surface area (Å²) in [5, 5.41) is 15.7. The van der Waals surface area contributed by atoms with E-state index < -0.39 is 0 Å². The zero-order valence-electron chi connectivity index (χ0n) is 22.1. The standard InChI is InChI=1S/C30H43N3O3/c1-3-34-29(31)26-12-10-24(11-13-26)8-5-6-20-33-21-18-25(19-22-33)9-7-23-36-28-16-14-27(15-17-28)30(32)35-4-2/h10-17,25,31-32H,3-9,18-23H2,1-2H3. The summed E-state index contributed by atoms with van der Waals surface area (Å²) in [5.41, 5.74) is 2.97. The third kappa shape index (κ3) is 9.30. The second-order valence-corrected chi connectivity index (χ2v) is 9.48. The van der Waals surface area contributed by atoms with Gasteiger partial charge in [0.05, 0.1) is 19.8 Å². The summed E-state index contributed by atoms with van der Waals surface area (Å²) in [5.74, 6) is 2.14. The van der Waals surface area contributed by atoms with Crippen molar-refractivity contribution in [2.45, 2.75) is 58.8 Å². The number of nitrogens with one attached hydrogen (secondary N) is 2. The van der Waals surface area contributed by atoms with E-state index in [0.29, 0.717) is 13.2 Å². The van der Waals surface area contributed by atoms with Crippen molar-refractivity contribution in [1.82, 2.24) is 4.90 Å². The van der Waals surface area contributed by atoms with E-state index in [2.05, 4.69) is 17.0 Å². The molecular formula is C30H43N3O3. The average Bonchev–Trinajstić information content (AvgIpc) is 2.91. The van der Waals surface area contributed by atoms with Crippen molar-refractivity contribution in [3.63, 3.8) is 0 Å². The first-order valence-corrected chi connectivity index (χ1v) is 13.6. The molecule has 2 N–H and O–H groups in total. The number of aryl methyl sites for hydroxylation is 1. The maximum absolute atomic E-state index is 7.86. The molecule has 1 aliphatic heterocycles. The van der Waals surface area contributed by atoms with E-state index in [-0.39, 0.29) is 11.8 Å². The van der Waals surface area contributed by atoms with Crippen LogP contribution in [0.4, 0.5) is 0 Å². The van der Waals surface area contributed by atoms with Gasteiger partial charge in [-0.3, -0.25) is 10.8 Å². The summed E-state index contributed by atoms with van der Waals surface area (Å²) >= 11 is 0. The number of piperidine rings is 1. The van der Waals surface area contributed by atoms with Crippen LogP contribution in [0.3, 0.4) is 0 Å². The van der Waals surface area contributed by atoms with E-state index in [9.17, 15) is 0 Å². The van der Waals surface area contributed by atoms with Crippen molar-refractivity contribution in [2.75, 3.05) is 39.5 Å². The van der Waals surface area contributed by atoms with Gasteiger partial charge in [-0.25, -0.2) is 0 Å². The van der Waals surface area contributed by atoms with Crippen LogP contribution in [-0.4, -0.2) is 56.2 Å². The smallest absolute Gasteiger partial charge is 0.213 e. The van der Waals surface area contributed by atoms with Crippen LogP contribution in [0, 0.1) is 16.7 Å². The largest absolute Gasteiger partial charge is 0.494 e. The summed E-state index contributed by atoms with van der Waals surface area (Å²) in [6, 6.07) is 15.9. The van der Waals surface area contributed by atoms with Gasteiger partial charge in [-0.1, -0.05) is 12.1 Å². The van der Waals surface area contributed by atoms with E-state index in [1.165, 1.54) is 57.3 Å². The lowest BCUT2D eigenvalue weighted by atomic mass is 9.92. The molecule has 0 saturated carbocycles. The molecule has 6 heteroatoms. The van der Waals surface area contributed by atoms with Crippen LogP contribution >= 0.6 is 0 Å². The molecule has 36 heavy (non-hydrogen) atoms. The molecule has 0 amide bonds. The minimum Gasteiger partial charge on any atom is -0.494 e. The summed E-state index contributed by atoms with van der Waals surface area (Å²) < 4.78 is 16.4. The summed E-state index contributed by atoms with van der Waals surface area (Å²) in [6.45, 7) is 9.21. The van der Waals surface area contributed by atoms with Crippen molar-refractivity contribution in [2.24, 2.45) is 5.92 Å². The second-order valence-electron chi connectivity index (χ2n) is 9.48. The van der Waals surface area contributed by atoms with Crippen LogP contribution in [0.5, 0.6) is 5.75 Å². The first-order chi connectivity index (χ1) is 17.6. The van der Waals surface area contributed by atoms with Crippen LogP contribution in [0.1, 0.15) is 69.1 Å². The fourth-order valence-corrected chi connectivity index (χ4v) is 4.71. The lowest BCUT2D eigenvalue weighted by Gasteiger charge is -2.32. The zero-order chi connectivity index (χ0) is 25.6. The van der Waals surface area contributed by atoms with Gasteiger partial charge < -0.3 is 19.1 Å². The fraction of sp³-hybridized carbons (Fsp3) is 0.533. The Balaban J connectivity index is 1.23. The number of hydrogen-bond donors (Lipinski definition) is 2. The third-order valence-electron chi connectivity index (χ3n) is 6.83.